The average Bonchev–Trinajstić information content (AvgIpc) is 3.56. The van der Waals surface area contributed by atoms with Crippen molar-refractivity contribution < 1.29 is 4.74 Å². The van der Waals surface area contributed by atoms with Gasteiger partial charge >= 0.3 is 0 Å². The van der Waals surface area contributed by atoms with Gasteiger partial charge in [-0.25, -0.2) is 9.97 Å². The average molecular weight is 716 g/mol. The highest BCUT2D eigenvalue weighted by Gasteiger charge is 2.51. The summed E-state index contributed by atoms with van der Waals surface area (Å²) < 4.78 is 6.62. The van der Waals surface area contributed by atoms with Crippen molar-refractivity contribution in [2.24, 2.45) is 0 Å². The molecule has 1 aliphatic heterocycles. The zero-order chi connectivity index (χ0) is 37.1. The fraction of sp³-hybridized carbons (Fsp3) is 0.0192. The van der Waals surface area contributed by atoms with Crippen LogP contribution in [0, 0.1) is 0 Å². The molecule has 2 aromatic heterocycles. The van der Waals surface area contributed by atoms with E-state index in [-0.39, 0.29) is 0 Å². The number of pyridine rings is 1. The predicted molar refractivity (Wildman–Crippen MR) is 224 cm³/mol. The third-order valence-corrected chi connectivity index (χ3v) is 11.3. The summed E-state index contributed by atoms with van der Waals surface area (Å²) >= 11 is 0. The van der Waals surface area contributed by atoms with Gasteiger partial charge in [-0.15, -0.1) is 0 Å². The van der Waals surface area contributed by atoms with E-state index in [2.05, 4.69) is 163 Å². The monoisotopic (exact) mass is 715 g/mol. The Morgan fingerprint density at radius 3 is 1.48 bits per heavy atom. The van der Waals surface area contributed by atoms with Gasteiger partial charge in [0, 0.05) is 40.2 Å². The Labute approximate surface area is 325 Å². The van der Waals surface area contributed by atoms with Crippen molar-refractivity contribution in [3.63, 3.8) is 0 Å². The fourth-order valence-corrected chi connectivity index (χ4v) is 8.70. The molecule has 4 nitrogen and oxygen atoms in total. The smallest absolute Gasteiger partial charge is 0.160 e. The zero-order valence-corrected chi connectivity index (χ0v) is 30.3. The molecule has 0 atom stereocenters. The first-order valence-corrected chi connectivity index (χ1v) is 18.9. The van der Waals surface area contributed by atoms with Crippen LogP contribution in [0.4, 0.5) is 0 Å². The van der Waals surface area contributed by atoms with Gasteiger partial charge in [-0.3, -0.25) is 4.98 Å². The number of aromatic nitrogens is 3. The standard InChI is InChI=1S/C52H33N3O/c1-3-12-36(13-4-1)47-32-48(55-51(54-47)37-14-5-2-6-15-37)39-26-28-44-42(31-39)41-30-38(34-21-23-35(24-22-34)40-16-11-29-53-33-40)25-27-43(41)52(44)45-17-7-9-19-49(45)56-50-20-10-8-18-46(50)52/h1-33H. The highest BCUT2D eigenvalue weighted by molar-refractivity contribution is 5.92. The van der Waals surface area contributed by atoms with E-state index in [1.54, 1.807) is 0 Å². The van der Waals surface area contributed by atoms with Gasteiger partial charge in [0.15, 0.2) is 5.82 Å². The lowest BCUT2D eigenvalue weighted by atomic mass is 9.66. The minimum absolute atomic E-state index is 0.576. The van der Waals surface area contributed by atoms with Crippen LogP contribution >= 0.6 is 0 Å². The number of nitrogens with zero attached hydrogens (tertiary/aromatic N) is 3. The molecule has 0 saturated carbocycles. The fourth-order valence-electron chi connectivity index (χ4n) is 8.70. The van der Waals surface area contributed by atoms with Gasteiger partial charge in [0.1, 0.15) is 11.5 Å². The maximum atomic E-state index is 6.62. The van der Waals surface area contributed by atoms with Gasteiger partial charge in [-0.05, 0) is 80.9 Å². The van der Waals surface area contributed by atoms with Gasteiger partial charge in [0.2, 0.25) is 0 Å². The lowest BCUT2D eigenvalue weighted by molar-refractivity contribution is 0.436. The Morgan fingerprint density at radius 1 is 0.357 bits per heavy atom. The summed E-state index contributed by atoms with van der Waals surface area (Å²) in [7, 11) is 0. The van der Waals surface area contributed by atoms with Crippen LogP contribution in [-0.2, 0) is 5.41 Å². The number of hydrogen-bond acceptors (Lipinski definition) is 4. The molecule has 3 heterocycles. The Morgan fingerprint density at radius 2 is 0.857 bits per heavy atom. The van der Waals surface area contributed by atoms with Crippen LogP contribution in [0.25, 0.3) is 67.3 Å². The molecule has 7 aromatic carbocycles. The highest BCUT2D eigenvalue weighted by Crippen LogP contribution is 2.62. The third kappa shape index (κ3) is 5.04. The molecule has 4 heteroatoms. The van der Waals surface area contributed by atoms with Gasteiger partial charge < -0.3 is 4.74 Å². The first-order chi connectivity index (χ1) is 27.7. The molecule has 1 aliphatic carbocycles. The molecule has 2 aliphatic rings. The summed E-state index contributed by atoms with van der Waals surface area (Å²) in [6, 6.07) is 66.4. The highest BCUT2D eigenvalue weighted by atomic mass is 16.5. The molecule has 0 amide bonds. The predicted octanol–water partition coefficient (Wildman–Crippen LogP) is 12.7. The normalized spacial score (nSPS) is 12.9. The van der Waals surface area contributed by atoms with E-state index in [0.29, 0.717) is 5.82 Å². The minimum Gasteiger partial charge on any atom is -0.457 e. The Hall–Kier alpha value is -7.43. The van der Waals surface area contributed by atoms with E-state index < -0.39 is 5.41 Å². The SMILES string of the molecule is c1ccc(-c2cc(-c3ccc4c(c3)-c3cc(-c5ccc(-c6cccnc6)cc5)ccc3C43c4ccccc4Oc4ccccc43)nc(-c3ccccc3)n2)cc1. The lowest BCUT2D eigenvalue weighted by Gasteiger charge is -2.39. The Kier molecular flexibility index (Phi) is 7.36. The maximum absolute atomic E-state index is 6.62. The minimum atomic E-state index is -0.576. The van der Waals surface area contributed by atoms with Crippen LogP contribution < -0.4 is 4.74 Å². The number of hydrogen-bond donors (Lipinski definition) is 0. The molecule has 0 fully saturated rings. The molecule has 0 bridgehead atoms. The van der Waals surface area contributed by atoms with E-state index >= 15 is 0 Å². The number of benzene rings is 7. The number of para-hydroxylation sites is 2. The molecule has 1 spiro atoms. The molecule has 56 heavy (non-hydrogen) atoms. The molecule has 11 rings (SSSR count). The second kappa shape index (κ2) is 12.9. The van der Waals surface area contributed by atoms with E-state index in [4.69, 9.17) is 14.7 Å². The molecule has 262 valence electrons. The number of ether oxygens (including phenoxy) is 1. The largest absolute Gasteiger partial charge is 0.457 e. The van der Waals surface area contributed by atoms with Crippen molar-refractivity contribution in [1.82, 2.24) is 15.0 Å². The first-order valence-electron chi connectivity index (χ1n) is 18.9. The zero-order valence-electron chi connectivity index (χ0n) is 30.3. The van der Waals surface area contributed by atoms with E-state index in [0.717, 1.165) is 73.0 Å². The summed E-state index contributed by atoms with van der Waals surface area (Å²) in [6.07, 6.45) is 3.72. The molecule has 0 radical (unpaired) electrons. The third-order valence-electron chi connectivity index (χ3n) is 11.3. The molecule has 9 aromatic rings. The van der Waals surface area contributed by atoms with Gasteiger partial charge in [0.25, 0.3) is 0 Å². The van der Waals surface area contributed by atoms with Crippen molar-refractivity contribution in [2.75, 3.05) is 0 Å². The Bertz CT molecular complexity index is 2820. The van der Waals surface area contributed by atoms with Crippen molar-refractivity contribution in [2.45, 2.75) is 5.41 Å². The quantitative estimate of drug-likeness (QED) is 0.178. The number of fused-ring (bicyclic) bond motifs is 9. The second-order valence-electron chi connectivity index (χ2n) is 14.4. The first kappa shape index (κ1) is 32.0. The summed E-state index contributed by atoms with van der Waals surface area (Å²) in [5, 5.41) is 0. The Balaban J connectivity index is 1.14. The molecular weight excluding hydrogens is 683 g/mol. The van der Waals surface area contributed by atoms with E-state index in [1.165, 1.54) is 22.3 Å². The van der Waals surface area contributed by atoms with Crippen molar-refractivity contribution >= 4 is 0 Å². The molecule has 0 unspecified atom stereocenters. The summed E-state index contributed by atoms with van der Waals surface area (Å²) in [4.78, 5) is 14.6. The van der Waals surface area contributed by atoms with E-state index in [1.807, 2.05) is 42.7 Å². The van der Waals surface area contributed by atoms with E-state index in [9.17, 15) is 0 Å². The van der Waals surface area contributed by atoms with Crippen molar-refractivity contribution in [3.8, 4) is 78.8 Å². The molecule has 0 N–H and O–H groups in total. The van der Waals surface area contributed by atoms with Crippen LogP contribution in [0.1, 0.15) is 22.3 Å². The van der Waals surface area contributed by atoms with Crippen molar-refractivity contribution in [1.29, 1.82) is 0 Å². The summed E-state index contributed by atoms with van der Waals surface area (Å²) in [5.41, 5.74) is 15.9. The van der Waals surface area contributed by atoms with Crippen LogP contribution in [0.3, 0.4) is 0 Å². The van der Waals surface area contributed by atoms with Gasteiger partial charge in [0.05, 0.1) is 16.8 Å². The topological polar surface area (TPSA) is 47.9 Å². The van der Waals surface area contributed by atoms with Gasteiger partial charge in [-0.2, -0.15) is 0 Å². The van der Waals surface area contributed by atoms with Gasteiger partial charge in [-0.1, -0.05) is 152 Å². The van der Waals surface area contributed by atoms with Crippen LogP contribution in [0.15, 0.2) is 200 Å². The molecular formula is C52H33N3O. The van der Waals surface area contributed by atoms with Crippen molar-refractivity contribution in [3.05, 3.63) is 223 Å². The molecule has 0 saturated heterocycles. The maximum Gasteiger partial charge on any atom is 0.160 e. The van der Waals surface area contributed by atoms with Crippen LogP contribution in [0.5, 0.6) is 11.5 Å². The summed E-state index contributed by atoms with van der Waals surface area (Å²) in [5.74, 6) is 2.45. The van der Waals surface area contributed by atoms with Crippen LogP contribution in [0.2, 0.25) is 0 Å². The van der Waals surface area contributed by atoms with Crippen LogP contribution in [-0.4, -0.2) is 15.0 Å². The number of rotatable bonds is 5. The lowest BCUT2D eigenvalue weighted by Crippen LogP contribution is -2.32. The summed E-state index contributed by atoms with van der Waals surface area (Å²) in [6.45, 7) is 0. The second-order valence-corrected chi connectivity index (χ2v) is 14.4.